The van der Waals surface area contributed by atoms with Crippen molar-refractivity contribution in [1.82, 2.24) is 10.6 Å². The number of rotatable bonds is 5. The van der Waals surface area contributed by atoms with Gasteiger partial charge in [-0.1, -0.05) is 30.3 Å². The van der Waals surface area contributed by atoms with E-state index in [4.69, 9.17) is 5.73 Å². The average Bonchev–Trinajstić information content (AvgIpc) is 2.58. The number of nitrogens with one attached hydrogen (secondary N) is 2. The summed E-state index contributed by atoms with van der Waals surface area (Å²) < 4.78 is 4.63. The molecule has 0 saturated carbocycles. The predicted octanol–water partition coefficient (Wildman–Crippen LogP) is 0.549. The molecule has 1 aliphatic rings. The smallest absolute Gasteiger partial charge is 0.330 e. The molecule has 1 aliphatic heterocycles. The molecule has 1 heterocycles. The normalized spacial score (nSPS) is 21.2. The molecule has 0 aromatic heterocycles. The lowest BCUT2D eigenvalue weighted by atomic mass is 9.79. The van der Waals surface area contributed by atoms with Crippen molar-refractivity contribution in [1.29, 1.82) is 0 Å². The predicted molar refractivity (Wildman–Crippen MR) is 90.8 cm³/mol. The third-order valence-corrected chi connectivity index (χ3v) is 3.62. The number of amides is 1. The van der Waals surface area contributed by atoms with Crippen molar-refractivity contribution in [2.75, 3.05) is 14.2 Å². The maximum atomic E-state index is 12.1. The van der Waals surface area contributed by atoms with Crippen molar-refractivity contribution in [2.45, 2.75) is 12.0 Å². The lowest BCUT2D eigenvalue weighted by Gasteiger charge is -2.34. The van der Waals surface area contributed by atoms with Crippen molar-refractivity contribution < 1.29 is 14.3 Å². The number of ether oxygens (including phenoxy) is 1. The number of nitrogens with zero attached hydrogens (tertiary/aromatic N) is 1. The topological polar surface area (TPSA) is 106 Å². The molecule has 0 bridgehead atoms. The van der Waals surface area contributed by atoms with Crippen LogP contribution in [0.3, 0.4) is 0 Å². The van der Waals surface area contributed by atoms with E-state index in [1.807, 2.05) is 30.3 Å². The van der Waals surface area contributed by atoms with Gasteiger partial charge in [0.1, 0.15) is 5.54 Å². The lowest BCUT2D eigenvalue weighted by molar-refractivity contribution is -0.134. The van der Waals surface area contributed by atoms with E-state index in [2.05, 4.69) is 20.4 Å². The highest BCUT2D eigenvalue weighted by Crippen LogP contribution is 2.39. The summed E-state index contributed by atoms with van der Waals surface area (Å²) in [6, 6.07) is 9.32. The molecule has 0 fully saturated rings. The first kappa shape index (κ1) is 17.3. The minimum absolute atomic E-state index is 0.0311. The molecular formula is C17H20N4O3. The molecule has 1 atom stereocenters. The number of esters is 1. The highest BCUT2D eigenvalue weighted by molar-refractivity contribution is 5.99. The van der Waals surface area contributed by atoms with E-state index >= 15 is 0 Å². The molecule has 24 heavy (non-hydrogen) atoms. The molecule has 0 saturated heterocycles. The van der Waals surface area contributed by atoms with Gasteiger partial charge in [-0.15, -0.1) is 0 Å². The standard InChI is InChI=1S/C17H20N4O3/c1-19-11-13(8-9-15(23)24-2)17(12-6-4-3-5-7-12)10-14(22)20-16(18)21-17/h3-9,11,19H,10H2,1-2H3,(H3,18,20,21,22)/b9-8+,13-11+. The number of methoxy groups -OCH3 is 1. The minimum Gasteiger partial charge on any atom is -0.466 e. The third-order valence-electron chi connectivity index (χ3n) is 3.62. The molecule has 4 N–H and O–H groups in total. The van der Waals surface area contributed by atoms with Crippen LogP contribution in [0.15, 0.2) is 59.2 Å². The van der Waals surface area contributed by atoms with Gasteiger partial charge in [-0.2, -0.15) is 0 Å². The monoisotopic (exact) mass is 328 g/mol. The Bertz CT molecular complexity index is 710. The van der Waals surface area contributed by atoms with Crippen LogP contribution in [0.5, 0.6) is 0 Å². The second kappa shape index (κ2) is 7.45. The molecule has 0 aliphatic carbocycles. The Hall–Kier alpha value is -3.09. The Morgan fingerprint density at radius 2 is 2.08 bits per heavy atom. The van der Waals surface area contributed by atoms with E-state index in [0.717, 1.165) is 5.56 Å². The van der Waals surface area contributed by atoms with Crippen LogP contribution in [-0.4, -0.2) is 32.0 Å². The number of hydrogen-bond acceptors (Lipinski definition) is 6. The Kier molecular flexibility index (Phi) is 5.36. The van der Waals surface area contributed by atoms with Crippen molar-refractivity contribution >= 4 is 17.8 Å². The largest absolute Gasteiger partial charge is 0.466 e. The van der Waals surface area contributed by atoms with Crippen LogP contribution in [0, 0.1) is 0 Å². The first-order valence-corrected chi connectivity index (χ1v) is 7.36. The summed E-state index contributed by atoms with van der Waals surface area (Å²) in [5, 5.41) is 5.43. The van der Waals surface area contributed by atoms with Crippen LogP contribution < -0.4 is 16.4 Å². The van der Waals surface area contributed by atoms with Gasteiger partial charge in [-0.05, 0) is 11.6 Å². The van der Waals surface area contributed by atoms with E-state index in [-0.39, 0.29) is 18.3 Å². The summed E-state index contributed by atoms with van der Waals surface area (Å²) in [5.74, 6) is -0.721. The van der Waals surface area contributed by atoms with Crippen LogP contribution in [0.2, 0.25) is 0 Å². The van der Waals surface area contributed by atoms with Gasteiger partial charge in [-0.3, -0.25) is 10.1 Å². The summed E-state index contributed by atoms with van der Waals surface area (Å²) in [6.07, 6.45) is 4.61. The quantitative estimate of drug-likeness (QED) is 0.416. The van der Waals surface area contributed by atoms with Crippen molar-refractivity contribution in [3.8, 4) is 0 Å². The number of guanidine groups is 1. The molecule has 7 heteroatoms. The van der Waals surface area contributed by atoms with Crippen molar-refractivity contribution in [3.05, 3.63) is 59.8 Å². The van der Waals surface area contributed by atoms with E-state index in [0.29, 0.717) is 5.57 Å². The Morgan fingerprint density at radius 1 is 1.38 bits per heavy atom. The molecule has 1 aromatic carbocycles. The summed E-state index contributed by atoms with van der Waals surface area (Å²) in [5.41, 5.74) is 6.18. The zero-order valence-electron chi connectivity index (χ0n) is 13.6. The summed E-state index contributed by atoms with van der Waals surface area (Å²) in [7, 11) is 3.02. The maximum Gasteiger partial charge on any atom is 0.330 e. The molecule has 7 nitrogen and oxygen atoms in total. The fourth-order valence-corrected chi connectivity index (χ4v) is 2.59. The van der Waals surface area contributed by atoms with E-state index in [1.165, 1.54) is 13.2 Å². The SMILES string of the molecule is CN/C=C(\C=C\C(=O)OC)C1(c2ccccc2)CC(=O)NC(N)=N1. The van der Waals surface area contributed by atoms with E-state index in [1.54, 1.807) is 19.3 Å². The number of carbonyl (C=O) groups excluding carboxylic acids is 2. The first-order chi connectivity index (χ1) is 11.5. The molecule has 0 spiro atoms. The van der Waals surface area contributed by atoms with Crippen molar-refractivity contribution in [3.63, 3.8) is 0 Å². The van der Waals surface area contributed by atoms with Gasteiger partial charge in [-0.25, -0.2) is 9.79 Å². The zero-order valence-corrected chi connectivity index (χ0v) is 13.6. The van der Waals surface area contributed by atoms with Gasteiger partial charge in [0.2, 0.25) is 5.91 Å². The van der Waals surface area contributed by atoms with E-state index < -0.39 is 11.5 Å². The van der Waals surface area contributed by atoms with Gasteiger partial charge >= 0.3 is 5.97 Å². The average molecular weight is 328 g/mol. The fourth-order valence-electron chi connectivity index (χ4n) is 2.59. The van der Waals surface area contributed by atoms with Crippen LogP contribution in [-0.2, 0) is 19.9 Å². The van der Waals surface area contributed by atoms with Crippen LogP contribution in [0.4, 0.5) is 0 Å². The second-order valence-corrected chi connectivity index (χ2v) is 5.19. The molecule has 0 radical (unpaired) electrons. The van der Waals surface area contributed by atoms with Crippen LogP contribution >= 0.6 is 0 Å². The number of benzene rings is 1. The third kappa shape index (κ3) is 3.62. The molecule has 2 rings (SSSR count). The molecule has 126 valence electrons. The Labute approximate surface area is 140 Å². The highest BCUT2D eigenvalue weighted by Gasteiger charge is 2.40. The molecule has 1 aromatic rings. The first-order valence-electron chi connectivity index (χ1n) is 7.36. The Balaban J connectivity index is 2.62. The van der Waals surface area contributed by atoms with Crippen LogP contribution in [0.1, 0.15) is 12.0 Å². The fraction of sp³-hybridized carbons (Fsp3) is 0.235. The summed E-state index contributed by atoms with van der Waals surface area (Å²) in [6.45, 7) is 0. The molecule has 1 unspecified atom stereocenters. The minimum atomic E-state index is -1.03. The van der Waals surface area contributed by atoms with Crippen LogP contribution in [0.25, 0.3) is 0 Å². The maximum absolute atomic E-state index is 12.1. The molecular weight excluding hydrogens is 308 g/mol. The van der Waals surface area contributed by atoms with E-state index in [9.17, 15) is 9.59 Å². The number of hydrogen-bond donors (Lipinski definition) is 3. The Morgan fingerprint density at radius 3 is 2.67 bits per heavy atom. The summed E-state index contributed by atoms with van der Waals surface area (Å²) in [4.78, 5) is 28.1. The zero-order chi connectivity index (χ0) is 17.6. The van der Waals surface area contributed by atoms with Gasteiger partial charge in [0.15, 0.2) is 5.96 Å². The van der Waals surface area contributed by atoms with Crippen molar-refractivity contribution in [2.24, 2.45) is 10.7 Å². The number of nitrogens with two attached hydrogens (primary N) is 1. The number of aliphatic imine (C=N–C) groups is 1. The van der Waals surface area contributed by atoms with Gasteiger partial charge in [0.25, 0.3) is 0 Å². The van der Waals surface area contributed by atoms with Gasteiger partial charge in [0.05, 0.1) is 13.5 Å². The summed E-state index contributed by atoms with van der Waals surface area (Å²) >= 11 is 0. The molecule has 1 amide bonds. The number of carbonyl (C=O) groups is 2. The van der Waals surface area contributed by atoms with Gasteiger partial charge in [0, 0.05) is 24.9 Å². The second-order valence-electron chi connectivity index (χ2n) is 5.19. The lowest BCUT2D eigenvalue weighted by Crippen LogP contribution is -2.48. The highest BCUT2D eigenvalue weighted by atomic mass is 16.5. The van der Waals surface area contributed by atoms with Gasteiger partial charge < -0.3 is 15.8 Å².